The van der Waals surface area contributed by atoms with Gasteiger partial charge in [-0.2, -0.15) is 23.7 Å². The minimum Gasteiger partial charge on any atom is -0.326 e. The summed E-state index contributed by atoms with van der Waals surface area (Å²) in [5.74, 6) is -1.84. The number of benzene rings is 1. The number of halogens is 3. The zero-order valence-electron chi connectivity index (χ0n) is 12.0. The first-order chi connectivity index (χ1) is 10.2. The summed E-state index contributed by atoms with van der Waals surface area (Å²) >= 11 is 0. The lowest BCUT2D eigenvalue weighted by Gasteiger charge is -2.15. The van der Waals surface area contributed by atoms with E-state index >= 15 is 0 Å². The average Bonchev–Trinajstić information content (AvgIpc) is 2.39. The molecule has 1 aromatic carbocycles. The van der Waals surface area contributed by atoms with E-state index in [0.717, 1.165) is 12.1 Å². The van der Waals surface area contributed by atoms with Gasteiger partial charge in [-0.05, 0) is 23.6 Å². The number of nitrogens with zero attached hydrogens (tertiary/aromatic N) is 2. The van der Waals surface area contributed by atoms with E-state index < -0.39 is 29.1 Å². The predicted octanol–water partition coefficient (Wildman–Crippen LogP) is 3.82. The van der Waals surface area contributed by atoms with Crippen LogP contribution in [0.2, 0.25) is 0 Å². The molecule has 0 spiro atoms. The Bertz CT molecular complexity index is 625. The molecule has 1 aromatic rings. The number of nitrogens with one attached hydrogen (secondary N) is 1. The molecule has 0 aromatic heterocycles. The molecule has 116 valence electrons. The molecule has 0 radical (unpaired) electrons. The Labute approximate surface area is 126 Å². The SMILES string of the molecule is CC(C)CC(=O)Nc1ccc(C(C#N)C#N)c(C(F)(F)F)c1. The number of nitriles is 2. The van der Waals surface area contributed by atoms with Crippen LogP contribution in [0.3, 0.4) is 0 Å². The van der Waals surface area contributed by atoms with Crippen LogP contribution >= 0.6 is 0 Å². The van der Waals surface area contributed by atoms with Crippen molar-refractivity contribution >= 4 is 11.6 Å². The first-order valence-electron chi connectivity index (χ1n) is 6.49. The van der Waals surface area contributed by atoms with Crippen LogP contribution in [0.15, 0.2) is 18.2 Å². The lowest BCUT2D eigenvalue weighted by atomic mass is 9.95. The first-order valence-corrected chi connectivity index (χ1v) is 6.49. The van der Waals surface area contributed by atoms with Gasteiger partial charge in [0.2, 0.25) is 5.91 Å². The number of hydrogen-bond donors (Lipinski definition) is 1. The molecule has 1 N–H and O–H groups in total. The fourth-order valence-corrected chi connectivity index (χ4v) is 1.88. The van der Waals surface area contributed by atoms with E-state index in [2.05, 4.69) is 5.32 Å². The monoisotopic (exact) mass is 309 g/mol. The highest BCUT2D eigenvalue weighted by Crippen LogP contribution is 2.36. The van der Waals surface area contributed by atoms with Gasteiger partial charge in [0.05, 0.1) is 17.7 Å². The van der Waals surface area contributed by atoms with Gasteiger partial charge >= 0.3 is 6.18 Å². The average molecular weight is 309 g/mol. The van der Waals surface area contributed by atoms with Crippen LogP contribution in [0.5, 0.6) is 0 Å². The Morgan fingerprint density at radius 3 is 2.32 bits per heavy atom. The molecule has 0 saturated carbocycles. The third-order valence-corrected chi connectivity index (χ3v) is 2.81. The maximum Gasteiger partial charge on any atom is 0.416 e. The van der Waals surface area contributed by atoms with E-state index in [0.29, 0.717) is 0 Å². The topological polar surface area (TPSA) is 76.7 Å². The Balaban J connectivity index is 3.20. The van der Waals surface area contributed by atoms with E-state index in [-0.39, 0.29) is 18.0 Å². The molecule has 0 aliphatic heterocycles. The van der Waals surface area contributed by atoms with Crippen molar-refractivity contribution in [1.29, 1.82) is 10.5 Å². The Hall–Kier alpha value is -2.54. The minimum absolute atomic E-state index is 0.0173. The highest BCUT2D eigenvalue weighted by Gasteiger charge is 2.35. The van der Waals surface area contributed by atoms with Crippen molar-refractivity contribution in [2.75, 3.05) is 5.32 Å². The molecule has 0 bridgehead atoms. The molecular weight excluding hydrogens is 295 g/mol. The summed E-state index contributed by atoms with van der Waals surface area (Å²) in [4.78, 5) is 11.6. The van der Waals surface area contributed by atoms with Gasteiger partial charge in [0.1, 0.15) is 0 Å². The van der Waals surface area contributed by atoms with E-state index in [9.17, 15) is 18.0 Å². The Morgan fingerprint density at radius 2 is 1.86 bits per heavy atom. The van der Waals surface area contributed by atoms with Crippen molar-refractivity contribution in [2.45, 2.75) is 32.4 Å². The van der Waals surface area contributed by atoms with Crippen LogP contribution < -0.4 is 5.32 Å². The van der Waals surface area contributed by atoms with Gasteiger partial charge in [0.25, 0.3) is 0 Å². The third-order valence-electron chi connectivity index (χ3n) is 2.81. The van der Waals surface area contributed by atoms with Gasteiger partial charge in [0, 0.05) is 12.1 Å². The second kappa shape index (κ2) is 6.95. The lowest BCUT2D eigenvalue weighted by Crippen LogP contribution is -2.16. The molecule has 0 unspecified atom stereocenters. The largest absolute Gasteiger partial charge is 0.416 e. The van der Waals surface area contributed by atoms with Crippen molar-refractivity contribution in [3.8, 4) is 12.1 Å². The highest BCUT2D eigenvalue weighted by atomic mass is 19.4. The summed E-state index contributed by atoms with van der Waals surface area (Å²) in [6.45, 7) is 3.63. The molecular formula is C15H14F3N3O. The number of rotatable bonds is 4. The van der Waals surface area contributed by atoms with Gasteiger partial charge in [0.15, 0.2) is 5.92 Å². The van der Waals surface area contributed by atoms with Crippen LogP contribution in [-0.2, 0) is 11.0 Å². The fraction of sp³-hybridized carbons (Fsp3) is 0.400. The quantitative estimate of drug-likeness (QED) is 0.918. The summed E-state index contributed by atoms with van der Waals surface area (Å²) in [6.07, 6.45) is -4.54. The molecule has 4 nitrogen and oxygen atoms in total. The lowest BCUT2D eigenvalue weighted by molar-refractivity contribution is -0.138. The molecule has 0 fully saturated rings. The molecule has 0 aliphatic carbocycles. The number of carbonyl (C=O) groups is 1. The summed E-state index contributed by atoms with van der Waals surface area (Å²) in [7, 11) is 0. The number of alkyl halides is 3. The van der Waals surface area contributed by atoms with Crippen molar-refractivity contribution in [3.63, 3.8) is 0 Å². The maximum absolute atomic E-state index is 13.1. The smallest absolute Gasteiger partial charge is 0.326 e. The summed E-state index contributed by atoms with van der Waals surface area (Å²) in [5.41, 5.74) is -1.53. The molecule has 0 atom stereocenters. The van der Waals surface area contributed by atoms with Gasteiger partial charge in [-0.15, -0.1) is 0 Å². The number of carbonyl (C=O) groups excluding carboxylic acids is 1. The number of amides is 1. The zero-order chi connectivity index (χ0) is 16.9. The molecule has 1 amide bonds. The van der Waals surface area contributed by atoms with Crippen molar-refractivity contribution in [2.24, 2.45) is 5.92 Å². The maximum atomic E-state index is 13.1. The van der Waals surface area contributed by atoms with Crippen LogP contribution in [0.25, 0.3) is 0 Å². The second-order valence-electron chi connectivity index (χ2n) is 5.14. The molecule has 0 heterocycles. The minimum atomic E-state index is -4.72. The van der Waals surface area contributed by atoms with Gasteiger partial charge in [-0.25, -0.2) is 0 Å². The summed E-state index contributed by atoms with van der Waals surface area (Å²) in [5, 5.41) is 19.9. The fourth-order valence-electron chi connectivity index (χ4n) is 1.88. The van der Waals surface area contributed by atoms with E-state index in [1.165, 1.54) is 18.2 Å². The highest BCUT2D eigenvalue weighted by molar-refractivity contribution is 5.91. The van der Waals surface area contributed by atoms with Gasteiger partial charge in [-0.3, -0.25) is 4.79 Å². The summed E-state index contributed by atoms with van der Waals surface area (Å²) < 4.78 is 39.2. The van der Waals surface area contributed by atoms with Crippen LogP contribution in [0.1, 0.15) is 37.3 Å². The number of hydrogen-bond acceptors (Lipinski definition) is 3. The molecule has 0 saturated heterocycles. The third kappa shape index (κ3) is 4.49. The number of anilines is 1. The molecule has 0 aliphatic rings. The Morgan fingerprint density at radius 1 is 1.27 bits per heavy atom. The molecule has 1 rings (SSSR count). The zero-order valence-corrected chi connectivity index (χ0v) is 12.0. The van der Waals surface area contributed by atoms with Crippen LogP contribution in [0.4, 0.5) is 18.9 Å². The molecule has 22 heavy (non-hydrogen) atoms. The second-order valence-corrected chi connectivity index (χ2v) is 5.14. The van der Waals surface area contributed by atoms with E-state index in [1.807, 2.05) is 13.8 Å². The van der Waals surface area contributed by atoms with Crippen LogP contribution in [-0.4, -0.2) is 5.91 Å². The normalized spacial score (nSPS) is 11.1. The summed E-state index contributed by atoms with van der Waals surface area (Å²) in [6, 6.07) is 6.08. The van der Waals surface area contributed by atoms with Gasteiger partial charge < -0.3 is 5.32 Å². The Kier molecular flexibility index (Phi) is 5.53. The predicted molar refractivity (Wildman–Crippen MR) is 73.5 cm³/mol. The van der Waals surface area contributed by atoms with Crippen molar-refractivity contribution in [3.05, 3.63) is 29.3 Å². The van der Waals surface area contributed by atoms with Crippen LogP contribution in [0, 0.1) is 28.6 Å². The van der Waals surface area contributed by atoms with Crippen molar-refractivity contribution in [1.82, 2.24) is 0 Å². The standard InChI is InChI=1S/C15H14F3N3O/c1-9(2)5-14(22)21-11-3-4-12(10(7-19)8-20)13(6-11)15(16,17)18/h3-4,6,9-10H,5H2,1-2H3,(H,21,22). The van der Waals surface area contributed by atoms with E-state index in [4.69, 9.17) is 10.5 Å². The van der Waals surface area contributed by atoms with Gasteiger partial charge in [-0.1, -0.05) is 19.9 Å². The first kappa shape index (κ1) is 17.5. The van der Waals surface area contributed by atoms with E-state index in [1.54, 1.807) is 0 Å². The molecule has 7 heteroatoms. The van der Waals surface area contributed by atoms with Crippen molar-refractivity contribution < 1.29 is 18.0 Å².